The molecule has 3 aliphatic rings. The van der Waals surface area contributed by atoms with Crippen LogP contribution < -0.4 is 108 Å². The number of allylic oxidation sites excluding steroid dienone is 4. The topological polar surface area (TPSA) is 18.5 Å². The quantitative estimate of drug-likeness (QED) is 0.293. The molecule has 10 heteroatoms. The molecule has 0 bridgehead atoms. The van der Waals surface area contributed by atoms with Crippen LogP contribution in [0.4, 0.5) is 0 Å². The fraction of sp³-hybridized carbons (Fsp3) is 0.333. The molecular weight excluding hydrogens is 549 g/mol. The molecule has 4 atom stereocenters. The van der Waals surface area contributed by atoms with Crippen LogP contribution in [0.3, 0.4) is 0 Å². The van der Waals surface area contributed by atoms with Crippen molar-refractivity contribution in [2.75, 3.05) is 0 Å². The first-order valence-electron chi connectivity index (χ1n) is 4.94. The molecule has 4 unspecified atom stereocenters. The van der Waals surface area contributed by atoms with E-state index in [2.05, 4.69) is 0 Å². The van der Waals surface area contributed by atoms with Crippen molar-refractivity contribution >= 4 is 0 Å². The standard InChI is InChI=1S/C12H12O2.2BrH.6ClH/c1-2-6-10-9(5-1)13-11-7-3-4-8-12(11)14-10;;;;;;;;/h1-12H;8*1H/p-8. The summed E-state index contributed by atoms with van der Waals surface area (Å²) in [7, 11) is 0. The van der Waals surface area contributed by atoms with E-state index >= 15 is 0 Å². The summed E-state index contributed by atoms with van der Waals surface area (Å²) in [6.45, 7) is 0. The van der Waals surface area contributed by atoms with Crippen LogP contribution in [-0.4, -0.2) is 24.4 Å². The van der Waals surface area contributed by atoms with Gasteiger partial charge < -0.3 is 118 Å². The van der Waals surface area contributed by atoms with Crippen molar-refractivity contribution in [3.8, 4) is 0 Å². The van der Waals surface area contributed by atoms with Gasteiger partial charge in [0, 0.05) is 0 Å². The largest absolute Gasteiger partial charge is 1.00 e. The molecule has 1 aliphatic heterocycles. The lowest BCUT2D eigenvalue weighted by atomic mass is 10.0. The van der Waals surface area contributed by atoms with Gasteiger partial charge in [-0.15, -0.1) is 0 Å². The van der Waals surface area contributed by atoms with E-state index < -0.39 is 0 Å². The fourth-order valence-electron chi connectivity index (χ4n) is 1.99. The maximum absolute atomic E-state index is 5.89. The zero-order chi connectivity index (χ0) is 9.38. The first-order chi connectivity index (χ1) is 6.93. The van der Waals surface area contributed by atoms with Crippen molar-refractivity contribution in [2.24, 2.45) is 0 Å². The minimum atomic E-state index is 0. The average molecular weight is 561 g/mol. The van der Waals surface area contributed by atoms with Crippen LogP contribution in [0.15, 0.2) is 48.6 Å². The Morgan fingerprint density at radius 2 is 0.591 bits per heavy atom. The minimum Gasteiger partial charge on any atom is -1.00 e. The maximum Gasteiger partial charge on any atom is 0.107 e. The molecule has 2 aliphatic carbocycles. The molecule has 22 heavy (non-hydrogen) atoms. The second-order valence-electron chi connectivity index (χ2n) is 3.67. The third kappa shape index (κ3) is 9.16. The Hall–Kier alpha value is 1.58. The molecule has 0 aromatic rings. The van der Waals surface area contributed by atoms with Gasteiger partial charge in [0.2, 0.25) is 0 Å². The highest BCUT2D eigenvalue weighted by Gasteiger charge is 2.35. The predicted octanol–water partition coefficient (Wildman–Crippen LogP) is -22.2. The van der Waals surface area contributed by atoms with Crippen LogP contribution in [0.25, 0.3) is 0 Å². The van der Waals surface area contributed by atoms with Crippen molar-refractivity contribution in [1.29, 1.82) is 0 Å². The third-order valence-corrected chi connectivity index (χ3v) is 2.70. The summed E-state index contributed by atoms with van der Waals surface area (Å²) in [4.78, 5) is 0. The Morgan fingerprint density at radius 3 is 0.773 bits per heavy atom. The molecule has 1 heterocycles. The van der Waals surface area contributed by atoms with E-state index in [0.29, 0.717) is 0 Å². The molecule has 2 nitrogen and oxygen atoms in total. The van der Waals surface area contributed by atoms with Gasteiger partial charge in [-0.2, -0.15) is 0 Å². The van der Waals surface area contributed by atoms with Gasteiger partial charge >= 0.3 is 0 Å². The van der Waals surface area contributed by atoms with Gasteiger partial charge in [-0.25, -0.2) is 0 Å². The highest BCUT2D eigenvalue weighted by atomic mass is 79.9. The maximum atomic E-state index is 5.89. The van der Waals surface area contributed by atoms with Gasteiger partial charge in [-0.05, 0) is 0 Å². The van der Waals surface area contributed by atoms with Gasteiger partial charge in [-0.3, -0.25) is 0 Å². The van der Waals surface area contributed by atoms with Crippen LogP contribution in [0.2, 0.25) is 0 Å². The normalized spacial score (nSPS) is 27.6. The number of ether oxygens (including phenoxy) is 2. The Bertz CT molecular complexity index is 300. The third-order valence-electron chi connectivity index (χ3n) is 2.70. The molecule has 1 fully saturated rings. The molecule has 0 radical (unpaired) electrons. The summed E-state index contributed by atoms with van der Waals surface area (Å²) < 4.78 is 11.8. The van der Waals surface area contributed by atoms with Gasteiger partial charge in [0.15, 0.2) is 0 Å². The molecule has 0 aromatic heterocycles. The van der Waals surface area contributed by atoms with Crippen molar-refractivity contribution in [3.63, 3.8) is 0 Å². The Balaban J connectivity index is -0.0000000800. The lowest BCUT2D eigenvalue weighted by Gasteiger charge is -2.39. The monoisotopic (exact) mass is 556 g/mol. The summed E-state index contributed by atoms with van der Waals surface area (Å²) in [5, 5.41) is 0. The molecule has 1 saturated heterocycles. The summed E-state index contributed by atoms with van der Waals surface area (Å²) in [6, 6.07) is 0. The van der Waals surface area contributed by atoms with Crippen LogP contribution in [0, 0.1) is 0 Å². The first kappa shape index (κ1) is 38.9. The number of hydrogen-bond donors (Lipinski definition) is 0. The molecule has 0 aromatic carbocycles. The Kier molecular flexibility index (Phi) is 33.4. The first-order valence-corrected chi connectivity index (χ1v) is 4.94. The Labute approximate surface area is 189 Å². The van der Waals surface area contributed by atoms with Gasteiger partial charge in [-0.1, -0.05) is 48.6 Å². The second kappa shape index (κ2) is 18.9. The SMILES string of the molecule is C1=CC2OC3C=CC=CC3OC2C=C1.[Br-].[Br-].[Cl-].[Cl-].[Cl-].[Cl-].[Cl-].[Cl-]. The van der Waals surface area contributed by atoms with E-state index in [0.717, 1.165) is 0 Å². The summed E-state index contributed by atoms with van der Waals surface area (Å²) in [6.07, 6.45) is 16.5. The fourth-order valence-corrected chi connectivity index (χ4v) is 1.99. The number of hydrogen-bond acceptors (Lipinski definition) is 2. The smallest absolute Gasteiger partial charge is 0.107 e. The molecule has 0 spiro atoms. The van der Waals surface area contributed by atoms with Crippen LogP contribution >= 0.6 is 0 Å². The lowest BCUT2D eigenvalue weighted by molar-refractivity contribution is -0.160. The predicted molar refractivity (Wildman–Crippen MR) is 53.9 cm³/mol. The highest BCUT2D eigenvalue weighted by Crippen LogP contribution is 2.27. The average Bonchev–Trinajstić information content (AvgIpc) is 2.26. The van der Waals surface area contributed by atoms with Gasteiger partial charge in [0.25, 0.3) is 0 Å². The summed E-state index contributed by atoms with van der Waals surface area (Å²) >= 11 is 0. The van der Waals surface area contributed by atoms with Crippen molar-refractivity contribution in [3.05, 3.63) is 48.6 Å². The zero-order valence-electron chi connectivity index (χ0n) is 10.8. The molecule has 136 valence electrons. The van der Waals surface area contributed by atoms with E-state index in [1.807, 2.05) is 48.6 Å². The van der Waals surface area contributed by atoms with Crippen molar-refractivity contribution < 1.29 is 118 Å². The van der Waals surface area contributed by atoms with Crippen LogP contribution in [-0.2, 0) is 9.47 Å². The Morgan fingerprint density at radius 1 is 0.409 bits per heavy atom. The summed E-state index contributed by atoms with van der Waals surface area (Å²) in [5.74, 6) is 0. The molecule has 0 amide bonds. The van der Waals surface area contributed by atoms with E-state index in [1.165, 1.54) is 0 Å². The lowest BCUT2D eigenvalue weighted by Crippen LogP contribution is -3.00. The summed E-state index contributed by atoms with van der Waals surface area (Å²) in [5.41, 5.74) is 0. The second-order valence-corrected chi connectivity index (χ2v) is 3.67. The van der Waals surface area contributed by atoms with Crippen molar-refractivity contribution in [1.82, 2.24) is 0 Å². The van der Waals surface area contributed by atoms with E-state index in [4.69, 9.17) is 9.47 Å². The minimum absolute atomic E-state index is 0. The number of rotatable bonds is 0. The van der Waals surface area contributed by atoms with Crippen LogP contribution in [0.1, 0.15) is 0 Å². The molecule has 0 N–H and O–H groups in total. The number of fused-ring (bicyclic) bond motifs is 2. The van der Waals surface area contributed by atoms with Gasteiger partial charge in [0.05, 0.1) is 0 Å². The molecule has 0 saturated carbocycles. The van der Waals surface area contributed by atoms with E-state index in [-0.39, 0.29) is 133 Å². The van der Waals surface area contributed by atoms with Crippen LogP contribution in [0.5, 0.6) is 0 Å². The van der Waals surface area contributed by atoms with Gasteiger partial charge in [0.1, 0.15) is 24.4 Å². The molecular formula is C12H12Br2Cl6O2-8. The zero-order valence-corrected chi connectivity index (χ0v) is 18.5. The van der Waals surface area contributed by atoms with E-state index in [9.17, 15) is 0 Å². The number of halogens is 8. The molecule has 3 rings (SSSR count). The highest BCUT2D eigenvalue weighted by molar-refractivity contribution is 5.23. The van der Waals surface area contributed by atoms with E-state index in [1.54, 1.807) is 0 Å². The van der Waals surface area contributed by atoms with Crippen molar-refractivity contribution in [2.45, 2.75) is 24.4 Å².